The molecule has 2 aliphatic rings. The van der Waals surface area contributed by atoms with Crippen LogP contribution < -0.4 is 15.2 Å². The van der Waals surface area contributed by atoms with E-state index in [1.54, 1.807) is 6.07 Å². The van der Waals surface area contributed by atoms with Crippen LogP contribution in [0.3, 0.4) is 0 Å². The first-order valence-corrected chi connectivity index (χ1v) is 15.6. The zero-order valence-electron chi connectivity index (χ0n) is 17.0. The van der Waals surface area contributed by atoms with E-state index in [0.29, 0.717) is 4.24 Å². The molecule has 0 unspecified atom stereocenters. The minimum Gasteiger partial charge on any atom is -0.365 e. The Balaban J connectivity index is 2.38. The highest BCUT2D eigenvalue weighted by Crippen LogP contribution is 2.67. The van der Waals surface area contributed by atoms with Gasteiger partial charge in [0.25, 0.3) is 5.91 Å². The molecule has 0 bridgehead atoms. The number of hydrogen-bond acceptors (Lipinski definition) is 13. The quantitative estimate of drug-likeness (QED) is 0.185. The maximum absolute atomic E-state index is 12.2. The second-order valence-electron chi connectivity index (χ2n) is 6.53. The first-order chi connectivity index (χ1) is 15.8. The minimum absolute atomic E-state index is 0.0263. The highest BCUT2D eigenvalue weighted by molar-refractivity contribution is 8.26. The van der Waals surface area contributed by atoms with Crippen LogP contribution in [0.4, 0.5) is 11.4 Å². The van der Waals surface area contributed by atoms with Crippen molar-refractivity contribution in [1.29, 1.82) is 10.5 Å². The number of nitrogens with zero attached hydrogens (tertiary/aromatic N) is 3. The number of rotatable bonds is 7. The standard InChI is InChI=1S/C16H12N6O6S6/c1-33(25,26)21-8-10-11(30-15(29-10)6(3-17)5-20-24)9(22-34(2,27)28)13-12(8)31-16(32-13)7(4-18)14(19)23/h21-22H,5H2,1-2H3,(H2,19,23). The second kappa shape index (κ2) is 9.72. The van der Waals surface area contributed by atoms with Gasteiger partial charge >= 0.3 is 0 Å². The van der Waals surface area contributed by atoms with Gasteiger partial charge < -0.3 is 5.73 Å². The van der Waals surface area contributed by atoms with Gasteiger partial charge in [-0.1, -0.05) is 52.2 Å². The van der Waals surface area contributed by atoms with Crippen LogP contribution in [-0.2, 0) is 24.8 Å². The molecule has 0 saturated heterocycles. The number of carbonyl (C=O) groups is 1. The molecule has 0 radical (unpaired) electrons. The molecule has 0 fully saturated rings. The summed E-state index contributed by atoms with van der Waals surface area (Å²) in [6.07, 6.45) is 1.84. The SMILES string of the molecule is CS(=O)(=O)Nc1c2c(c(NS(C)(=O)=O)c3c1SC(=C(C#N)C(N)=O)S3)SC(=C(C#N)CN=O)S2. The van der Waals surface area contributed by atoms with Gasteiger partial charge in [-0.05, 0) is 0 Å². The third-order valence-electron chi connectivity index (χ3n) is 3.84. The van der Waals surface area contributed by atoms with Crippen molar-refractivity contribution in [1.82, 2.24) is 0 Å². The van der Waals surface area contributed by atoms with Gasteiger partial charge in [0.05, 0.1) is 63.6 Å². The molecule has 0 aliphatic carbocycles. The summed E-state index contributed by atoms with van der Waals surface area (Å²) >= 11 is 3.70. The van der Waals surface area contributed by atoms with Crippen LogP contribution >= 0.6 is 47.0 Å². The first kappa shape index (κ1) is 26.3. The van der Waals surface area contributed by atoms with Crippen molar-refractivity contribution in [3.05, 3.63) is 24.5 Å². The van der Waals surface area contributed by atoms with Gasteiger partial charge in [-0.15, -0.1) is 0 Å². The normalized spacial score (nSPS) is 14.5. The summed E-state index contributed by atoms with van der Waals surface area (Å²) in [5, 5.41) is 21.5. The van der Waals surface area contributed by atoms with Gasteiger partial charge in [0, 0.05) is 0 Å². The Morgan fingerprint density at radius 2 is 1.29 bits per heavy atom. The highest BCUT2D eigenvalue weighted by Gasteiger charge is 2.38. The fourth-order valence-electron chi connectivity index (χ4n) is 2.66. The number of benzene rings is 1. The molecule has 34 heavy (non-hydrogen) atoms. The molecule has 2 aliphatic heterocycles. The van der Waals surface area contributed by atoms with Crippen LogP contribution in [0, 0.1) is 27.6 Å². The predicted octanol–water partition coefficient (Wildman–Crippen LogP) is 2.55. The second-order valence-corrected chi connectivity index (χ2v) is 14.6. The number of hydrogen-bond donors (Lipinski definition) is 3. The molecule has 0 aromatic heterocycles. The number of anilines is 2. The third-order valence-corrected chi connectivity index (χ3v) is 10.3. The fourth-order valence-corrected chi connectivity index (χ4v) is 9.53. The lowest BCUT2D eigenvalue weighted by molar-refractivity contribution is -0.114. The molecule has 4 N–H and O–H groups in total. The Bertz CT molecular complexity index is 1420. The van der Waals surface area contributed by atoms with Crippen molar-refractivity contribution >= 4 is 84.4 Å². The Morgan fingerprint density at radius 1 is 0.882 bits per heavy atom. The maximum atomic E-state index is 12.2. The lowest BCUT2D eigenvalue weighted by Crippen LogP contribution is -2.14. The molecule has 0 saturated carbocycles. The molecule has 1 aromatic rings. The van der Waals surface area contributed by atoms with Gasteiger partial charge in [-0.25, -0.2) is 16.8 Å². The van der Waals surface area contributed by atoms with Crippen molar-refractivity contribution in [3.63, 3.8) is 0 Å². The molecular formula is C16H12N6O6S6. The fraction of sp³-hybridized carbons (Fsp3) is 0.188. The van der Waals surface area contributed by atoms with Crippen LogP contribution in [0.2, 0.25) is 0 Å². The van der Waals surface area contributed by atoms with E-state index in [9.17, 15) is 37.1 Å². The molecule has 3 rings (SSSR count). The molecule has 1 amide bonds. The average Bonchev–Trinajstić information content (AvgIpc) is 3.32. The molecule has 0 atom stereocenters. The van der Waals surface area contributed by atoms with E-state index in [-0.39, 0.29) is 46.3 Å². The number of nitriles is 2. The number of nitrogens with two attached hydrogens (primary N) is 1. The Kier molecular flexibility index (Phi) is 7.51. The van der Waals surface area contributed by atoms with E-state index < -0.39 is 32.5 Å². The van der Waals surface area contributed by atoms with E-state index in [1.807, 2.05) is 6.07 Å². The van der Waals surface area contributed by atoms with E-state index in [1.165, 1.54) is 0 Å². The lowest BCUT2D eigenvalue weighted by Gasteiger charge is -2.17. The number of nitroso groups, excluding NO2 is 1. The first-order valence-electron chi connectivity index (χ1n) is 8.57. The smallest absolute Gasteiger partial charge is 0.261 e. The summed E-state index contributed by atoms with van der Waals surface area (Å²) < 4.78 is 53.9. The number of amides is 1. The summed E-state index contributed by atoms with van der Waals surface area (Å²) in [4.78, 5) is 23.5. The summed E-state index contributed by atoms with van der Waals surface area (Å²) in [6, 6.07) is 3.58. The van der Waals surface area contributed by atoms with Crippen LogP contribution in [0.5, 0.6) is 0 Å². The van der Waals surface area contributed by atoms with E-state index >= 15 is 0 Å². The zero-order chi connectivity index (χ0) is 25.4. The van der Waals surface area contributed by atoms with Crippen LogP contribution in [0.15, 0.2) is 44.4 Å². The van der Waals surface area contributed by atoms with Gasteiger partial charge in [-0.2, -0.15) is 15.4 Å². The Hall–Kier alpha value is -2.35. The lowest BCUT2D eigenvalue weighted by atomic mass is 10.3. The Morgan fingerprint density at radius 3 is 1.59 bits per heavy atom. The van der Waals surface area contributed by atoms with Crippen LogP contribution in [-0.4, -0.2) is 41.8 Å². The van der Waals surface area contributed by atoms with Crippen molar-refractivity contribution in [2.75, 3.05) is 28.5 Å². The number of fused-ring (bicyclic) bond motifs is 2. The summed E-state index contributed by atoms with van der Waals surface area (Å²) in [7, 11) is -7.68. The van der Waals surface area contributed by atoms with Crippen LogP contribution in [0.1, 0.15) is 0 Å². The molecule has 12 nitrogen and oxygen atoms in total. The number of nitrogens with one attached hydrogen (secondary N) is 2. The van der Waals surface area contributed by atoms with E-state index in [0.717, 1.165) is 59.6 Å². The third kappa shape index (κ3) is 5.48. The number of carbonyl (C=O) groups excluding carboxylic acids is 1. The largest absolute Gasteiger partial charge is 0.365 e. The zero-order valence-corrected chi connectivity index (χ0v) is 21.9. The van der Waals surface area contributed by atoms with Gasteiger partial charge in [0.1, 0.15) is 18.2 Å². The van der Waals surface area contributed by atoms with Crippen molar-refractivity contribution in [3.8, 4) is 12.1 Å². The maximum Gasteiger partial charge on any atom is 0.261 e. The molecular weight excluding hydrogens is 565 g/mol. The number of thioether (sulfide) groups is 4. The molecule has 18 heteroatoms. The Labute approximate surface area is 211 Å². The average molecular weight is 577 g/mol. The monoisotopic (exact) mass is 576 g/mol. The van der Waals surface area contributed by atoms with Gasteiger partial charge in [0.15, 0.2) is 0 Å². The van der Waals surface area contributed by atoms with Gasteiger partial charge in [-0.3, -0.25) is 14.2 Å². The van der Waals surface area contributed by atoms with E-state index in [4.69, 9.17) is 5.73 Å². The number of sulfonamides is 2. The van der Waals surface area contributed by atoms with Crippen molar-refractivity contribution in [2.45, 2.75) is 19.6 Å². The summed E-state index contributed by atoms with van der Waals surface area (Å²) in [6.45, 7) is -0.427. The van der Waals surface area contributed by atoms with Crippen molar-refractivity contribution in [2.24, 2.45) is 10.9 Å². The summed E-state index contributed by atoms with van der Waals surface area (Å²) in [5.41, 5.74) is 5.09. The molecule has 178 valence electrons. The predicted molar refractivity (Wildman–Crippen MR) is 132 cm³/mol. The van der Waals surface area contributed by atoms with Gasteiger partial charge in [0.2, 0.25) is 20.0 Å². The topological polar surface area (TPSA) is 212 Å². The molecule has 2 heterocycles. The van der Waals surface area contributed by atoms with Crippen molar-refractivity contribution < 1.29 is 21.6 Å². The van der Waals surface area contributed by atoms with Crippen LogP contribution in [0.25, 0.3) is 0 Å². The van der Waals surface area contributed by atoms with E-state index in [2.05, 4.69) is 14.6 Å². The molecule has 1 aromatic carbocycles. The molecule has 0 spiro atoms. The summed E-state index contributed by atoms with van der Waals surface area (Å²) in [5.74, 6) is -0.998. The highest BCUT2D eigenvalue weighted by atomic mass is 32.2. The minimum atomic E-state index is -3.84. The number of primary amides is 1.